The molecule has 0 spiro atoms. The van der Waals surface area contributed by atoms with Crippen LogP contribution in [0.25, 0.3) is 0 Å². The molecule has 6 nitrogen and oxygen atoms in total. The third kappa shape index (κ3) is 5.21. The molecule has 30 heavy (non-hydrogen) atoms. The average molecular weight is 426 g/mol. The number of amides is 1. The first-order chi connectivity index (χ1) is 14.7. The Morgan fingerprint density at radius 1 is 1.07 bits per heavy atom. The molecule has 0 atom stereocenters. The summed E-state index contributed by atoms with van der Waals surface area (Å²) in [5, 5.41) is 5.53. The lowest BCUT2D eigenvalue weighted by molar-refractivity contribution is -0.131. The van der Waals surface area contributed by atoms with Gasteiger partial charge < -0.3 is 15.1 Å². The van der Waals surface area contributed by atoms with E-state index in [0.717, 1.165) is 58.2 Å². The van der Waals surface area contributed by atoms with Gasteiger partial charge in [-0.3, -0.25) is 14.7 Å². The summed E-state index contributed by atoms with van der Waals surface area (Å²) in [5.74, 6) is 1.13. The zero-order chi connectivity index (χ0) is 20.8. The number of hydrogen-bond donors (Lipinski definition) is 1. The minimum Gasteiger partial charge on any atom is -0.356 e. The van der Waals surface area contributed by atoms with Crippen molar-refractivity contribution in [2.45, 2.75) is 25.9 Å². The van der Waals surface area contributed by atoms with Gasteiger partial charge in [0.2, 0.25) is 5.91 Å². The van der Waals surface area contributed by atoms with E-state index in [1.165, 1.54) is 16.0 Å². The number of guanidine groups is 1. The summed E-state index contributed by atoms with van der Waals surface area (Å²) in [5.41, 5.74) is 2.68. The van der Waals surface area contributed by atoms with Crippen LogP contribution in [0.1, 0.15) is 22.4 Å². The topological polar surface area (TPSA) is 51.2 Å². The third-order valence-corrected chi connectivity index (χ3v) is 6.94. The Balaban J connectivity index is 1.19. The van der Waals surface area contributed by atoms with Crippen LogP contribution in [-0.2, 0) is 24.3 Å². The number of rotatable bonds is 5. The second-order valence-corrected chi connectivity index (χ2v) is 8.91. The first-order valence-corrected chi connectivity index (χ1v) is 11.7. The zero-order valence-corrected chi connectivity index (χ0v) is 18.5. The maximum atomic E-state index is 12.6. The maximum Gasteiger partial charge on any atom is 0.224 e. The van der Waals surface area contributed by atoms with Gasteiger partial charge in [-0.25, -0.2) is 0 Å². The van der Waals surface area contributed by atoms with E-state index in [1.807, 2.05) is 11.9 Å². The van der Waals surface area contributed by atoms with Crippen molar-refractivity contribution < 1.29 is 4.79 Å². The lowest BCUT2D eigenvalue weighted by Crippen LogP contribution is -2.52. The van der Waals surface area contributed by atoms with Crippen molar-refractivity contribution in [3.63, 3.8) is 0 Å². The van der Waals surface area contributed by atoms with Crippen LogP contribution in [0.2, 0.25) is 0 Å². The zero-order valence-electron chi connectivity index (χ0n) is 17.7. The summed E-state index contributed by atoms with van der Waals surface area (Å²) < 4.78 is 0. The lowest BCUT2D eigenvalue weighted by atomic mass is 10.1. The number of nitrogens with zero attached hydrogens (tertiary/aromatic N) is 4. The van der Waals surface area contributed by atoms with Crippen LogP contribution < -0.4 is 5.32 Å². The first-order valence-electron chi connectivity index (χ1n) is 10.8. The molecule has 0 saturated carbocycles. The van der Waals surface area contributed by atoms with Crippen molar-refractivity contribution in [3.8, 4) is 0 Å². The van der Waals surface area contributed by atoms with Crippen molar-refractivity contribution in [3.05, 3.63) is 57.8 Å². The van der Waals surface area contributed by atoms with Gasteiger partial charge in [-0.1, -0.05) is 30.3 Å². The molecule has 2 aliphatic heterocycles. The van der Waals surface area contributed by atoms with E-state index < -0.39 is 0 Å². The molecule has 4 rings (SSSR count). The van der Waals surface area contributed by atoms with Gasteiger partial charge in [0.05, 0.1) is 0 Å². The molecule has 3 heterocycles. The molecule has 1 aromatic heterocycles. The van der Waals surface area contributed by atoms with Crippen LogP contribution in [0.5, 0.6) is 0 Å². The van der Waals surface area contributed by atoms with Crippen LogP contribution in [0.3, 0.4) is 0 Å². The van der Waals surface area contributed by atoms with E-state index in [0.29, 0.717) is 13.0 Å². The minimum absolute atomic E-state index is 0.225. The van der Waals surface area contributed by atoms with Crippen LogP contribution in [0.15, 0.2) is 46.8 Å². The lowest BCUT2D eigenvalue weighted by Gasteiger charge is -2.36. The largest absolute Gasteiger partial charge is 0.356 e. The predicted octanol–water partition coefficient (Wildman–Crippen LogP) is 2.42. The molecule has 1 aromatic carbocycles. The smallest absolute Gasteiger partial charge is 0.224 e. The number of thiophene rings is 1. The van der Waals surface area contributed by atoms with Crippen molar-refractivity contribution >= 4 is 23.2 Å². The first kappa shape index (κ1) is 20.9. The van der Waals surface area contributed by atoms with Crippen LogP contribution >= 0.6 is 11.3 Å². The number of carbonyl (C=O) groups is 1. The summed E-state index contributed by atoms with van der Waals surface area (Å²) in [6.07, 6.45) is 1.49. The van der Waals surface area contributed by atoms with E-state index in [9.17, 15) is 4.79 Å². The second-order valence-electron chi connectivity index (χ2n) is 7.91. The molecule has 2 aliphatic rings. The molecule has 1 amide bonds. The van der Waals surface area contributed by atoms with Gasteiger partial charge in [-0.05, 0) is 29.0 Å². The number of carbonyl (C=O) groups excluding carboxylic acids is 1. The number of aliphatic imine (C=N–C) groups is 1. The highest BCUT2D eigenvalue weighted by molar-refractivity contribution is 7.10. The second kappa shape index (κ2) is 10.1. The highest BCUT2D eigenvalue weighted by atomic mass is 32.1. The molecule has 160 valence electrons. The molecule has 0 aliphatic carbocycles. The summed E-state index contributed by atoms with van der Waals surface area (Å²) >= 11 is 1.81. The minimum atomic E-state index is 0.225. The Labute approximate surface area is 183 Å². The van der Waals surface area contributed by atoms with Gasteiger partial charge >= 0.3 is 0 Å². The predicted molar refractivity (Wildman–Crippen MR) is 123 cm³/mol. The van der Waals surface area contributed by atoms with Crippen molar-refractivity contribution in [1.29, 1.82) is 0 Å². The molecule has 1 N–H and O–H groups in total. The number of hydrogen-bond acceptors (Lipinski definition) is 4. The Hall–Kier alpha value is -2.38. The number of nitrogens with one attached hydrogen (secondary N) is 1. The van der Waals surface area contributed by atoms with E-state index >= 15 is 0 Å². The number of fused-ring (bicyclic) bond motifs is 1. The van der Waals surface area contributed by atoms with Gasteiger partial charge in [0, 0.05) is 70.7 Å². The van der Waals surface area contributed by atoms with Crippen LogP contribution in [0.4, 0.5) is 0 Å². The Kier molecular flexibility index (Phi) is 7.02. The standard InChI is InChI=1S/C23H31N5OS/c1-24-23(27-14-12-26(13-15-27)17-19-5-3-2-4-6-19)25-10-7-22(29)28-11-8-21-20(18-28)9-16-30-21/h2-6,9,16H,7-8,10-15,17-18H2,1H3,(H,24,25). The Morgan fingerprint density at radius 2 is 1.87 bits per heavy atom. The third-order valence-electron chi connectivity index (χ3n) is 5.91. The van der Waals surface area contributed by atoms with Crippen molar-refractivity contribution in [2.24, 2.45) is 4.99 Å². The van der Waals surface area contributed by atoms with E-state index in [4.69, 9.17) is 0 Å². The monoisotopic (exact) mass is 425 g/mol. The summed E-state index contributed by atoms with van der Waals surface area (Å²) in [7, 11) is 1.82. The SMILES string of the molecule is CN=C(NCCC(=O)N1CCc2sccc2C1)N1CCN(Cc2ccccc2)CC1. The fourth-order valence-electron chi connectivity index (χ4n) is 4.19. The summed E-state index contributed by atoms with van der Waals surface area (Å²) in [4.78, 5) is 25.3. The molecular weight excluding hydrogens is 394 g/mol. The molecule has 0 bridgehead atoms. The van der Waals surface area contributed by atoms with E-state index in [-0.39, 0.29) is 5.91 Å². The quantitative estimate of drug-likeness (QED) is 0.591. The molecular formula is C23H31N5OS. The summed E-state index contributed by atoms with van der Waals surface area (Å²) in [6, 6.07) is 12.8. The molecule has 1 saturated heterocycles. The maximum absolute atomic E-state index is 12.6. The molecule has 2 aromatic rings. The normalized spacial score (nSPS) is 17.7. The molecule has 7 heteroatoms. The van der Waals surface area contributed by atoms with E-state index in [2.05, 4.69) is 61.9 Å². The molecule has 1 fully saturated rings. The average Bonchev–Trinajstić information content (AvgIpc) is 3.26. The van der Waals surface area contributed by atoms with Gasteiger partial charge in [0.1, 0.15) is 0 Å². The van der Waals surface area contributed by atoms with Crippen LogP contribution in [-0.4, -0.2) is 72.9 Å². The molecule has 0 radical (unpaired) electrons. The fraction of sp³-hybridized carbons (Fsp3) is 0.478. The summed E-state index contributed by atoms with van der Waals surface area (Å²) in [6.45, 7) is 7.16. The van der Waals surface area contributed by atoms with Crippen LogP contribution in [0, 0.1) is 0 Å². The fourth-order valence-corrected chi connectivity index (χ4v) is 5.08. The van der Waals surface area contributed by atoms with Gasteiger partial charge in [-0.15, -0.1) is 11.3 Å². The number of benzene rings is 1. The number of piperazine rings is 1. The van der Waals surface area contributed by atoms with Gasteiger partial charge in [0.25, 0.3) is 0 Å². The highest BCUT2D eigenvalue weighted by Gasteiger charge is 2.22. The van der Waals surface area contributed by atoms with Gasteiger partial charge in [-0.2, -0.15) is 0 Å². The van der Waals surface area contributed by atoms with Gasteiger partial charge in [0.15, 0.2) is 5.96 Å². The Morgan fingerprint density at radius 3 is 2.63 bits per heavy atom. The molecule has 0 unspecified atom stereocenters. The van der Waals surface area contributed by atoms with Crippen molar-refractivity contribution in [2.75, 3.05) is 46.3 Å². The highest BCUT2D eigenvalue weighted by Crippen LogP contribution is 2.24. The Bertz CT molecular complexity index is 857. The van der Waals surface area contributed by atoms with Crippen molar-refractivity contribution in [1.82, 2.24) is 20.0 Å². The van der Waals surface area contributed by atoms with E-state index in [1.54, 1.807) is 11.3 Å².